The van der Waals surface area contributed by atoms with Crippen molar-refractivity contribution in [1.82, 2.24) is 0 Å². The number of hydrogen-bond donors (Lipinski definition) is 3. The number of hydrogen-bond acceptors (Lipinski definition) is 14. The summed E-state index contributed by atoms with van der Waals surface area (Å²) in [6.07, 6.45) is -7.04. The van der Waals surface area contributed by atoms with Gasteiger partial charge in [-0.15, -0.1) is 0 Å². The molecule has 0 bridgehead atoms. The molecule has 7 rings (SSSR count). The van der Waals surface area contributed by atoms with Gasteiger partial charge >= 0.3 is 13.6 Å². The van der Waals surface area contributed by atoms with Gasteiger partial charge < -0.3 is 62.3 Å². The number of cyclic esters (lactones) is 1. The molecule has 0 radical (unpaired) electrons. The Bertz CT molecular complexity index is 1530. The summed E-state index contributed by atoms with van der Waals surface area (Å²) in [7, 11) is -1.24. The van der Waals surface area contributed by atoms with Gasteiger partial charge in [0.2, 0.25) is 12.5 Å². The zero-order chi connectivity index (χ0) is 32.5. The van der Waals surface area contributed by atoms with Crippen LogP contribution in [0.1, 0.15) is 35.6 Å². The lowest BCUT2D eigenvalue weighted by molar-refractivity contribution is -0.364. The number of esters is 1. The van der Waals surface area contributed by atoms with Crippen LogP contribution < -0.4 is 23.5 Å². The van der Waals surface area contributed by atoms with Gasteiger partial charge in [-0.3, -0.25) is 4.79 Å². The van der Waals surface area contributed by atoms with Crippen molar-refractivity contribution in [3.63, 3.8) is 0 Å². The minimum absolute atomic E-state index is 0.00129. The average Bonchev–Trinajstić information content (AvgIpc) is 3.64. The molecule has 7 unspecified atom stereocenters. The van der Waals surface area contributed by atoms with Crippen LogP contribution in [-0.4, -0.2) is 99.0 Å². The van der Waals surface area contributed by atoms with Crippen molar-refractivity contribution < 1.29 is 71.6 Å². The molecule has 15 nitrogen and oxygen atoms in total. The fourth-order valence-electron chi connectivity index (χ4n) is 6.98. The molecule has 0 amide bonds. The van der Waals surface area contributed by atoms with Crippen LogP contribution in [0.15, 0.2) is 24.3 Å². The smallest absolute Gasteiger partial charge is 0.373 e. The summed E-state index contributed by atoms with van der Waals surface area (Å²) in [5, 5.41) is 22.1. The predicted molar refractivity (Wildman–Crippen MR) is 153 cm³/mol. The van der Waals surface area contributed by atoms with Crippen molar-refractivity contribution in [3.8, 4) is 28.7 Å². The van der Waals surface area contributed by atoms with E-state index in [-0.39, 0.29) is 37.3 Å². The molecule has 1 aliphatic carbocycles. The molecule has 46 heavy (non-hydrogen) atoms. The van der Waals surface area contributed by atoms with Gasteiger partial charge in [-0.25, -0.2) is 4.57 Å². The Hall–Kier alpha value is -3.14. The van der Waals surface area contributed by atoms with Crippen LogP contribution in [0.2, 0.25) is 0 Å². The van der Waals surface area contributed by atoms with Crippen molar-refractivity contribution in [1.29, 1.82) is 0 Å². The lowest BCUT2D eigenvalue weighted by Crippen LogP contribution is -2.63. The Kier molecular flexibility index (Phi) is 8.09. The fraction of sp³-hybridized carbons (Fsp3) is 0.567. The number of methoxy groups -OCH3 is 2. The molecular formula is C30H35O15P. The average molecular weight is 667 g/mol. The maximum Gasteiger partial charge on any atom is 0.373 e. The molecule has 2 aromatic carbocycles. The maximum absolute atomic E-state index is 13.5. The summed E-state index contributed by atoms with van der Waals surface area (Å²) in [5.41, 5.74) is 1.82. The van der Waals surface area contributed by atoms with Gasteiger partial charge in [0.05, 0.1) is 39.5 Å². The molecule has 4 aliphatic heterocycles. The number of benzene rings is 2. The van der Waals surface area contributed by atoms with E-state index in [0.717, 1.165) is 6.66 Å². The Morgan fingerprint density at radius 1 is 0.913 bits per heavy atom. The summed E-state index contributed by atoms with van der Waals surface area (Å²) in [6.45, 7) is 2.85. The molecular weight excluding hydrogens is 631 g/mol. The third kappa shape index (κ3) is 5.38. The topological polar surface area (TPSA) is 187 Å². The van der Waals surface area contributed by atoms with Gasteiger partial charge in [0, 0.05) is 18.5 Å². The number of carbonyl (C=O) groups excluding carboxylic acids is 1. The molecule has 250 valence electrons. The van der Waals surface area contributed by atoms with Crippen LogP contribution >= 0.6 is 7.60 Å². The second-order valence-electron chi connectivity index (χ2n) is 11.9. The van der Waals surface area contributed by atoms with E-state index >= 15 is 0 Å². The van der Waals surface area contributed by atoms with Gasteiger partial charge in [-0.2, -0.15) is 0 Å². The van der Waals surface area contributed by atoms with Crippen molar-refractivity contribution in [3.05, 3.63) is 41.0 Å². The van der Waals surface area contributed by atoms with Gasteiger partial charge in [-0.1, -0.05) is 0 Å². The SMILES string of the molecule is COc1cc([C@@H]2c3cc4c(cc3[C@@H](OC3OC5COC(C)OC5C(O)C3O)[C@H]3COC(=O)[C@H]23)OCO4)cc(OC)c1OP(C)(=O)O. The molecule has 2 aromatic rings. The van der Waals surface area contributed by atoms with Crippen molar-refractivity contribution in [2.24, 2.45) is 11.8 Å². The van der Waals surface area contributed by atoms with Gasteiger partial charge in [-0.05, 0) is 47.9 Å². The number of carbonyl (C=O) groups is 1. The Morgan fingerprint density at radius 2 is 1.59 bits per heavy atom. The van der Waals surface area contributed by atoms with Crippen molar-refractivity contribution in [2.45, 2.75) is 55.9 Å². The first kappa shape index (κ1) is 31.5. The molecule has 5 aliphatic rings. The van der Waals surface area contributed by atoms with E-state index in [1.807, 2.05) is 0 Å². The summed E-state index contributed by atoms with van der Waals surface area (Å²) < 4.78 is 69.4. The molecule has 0 aromatic heterocycles. The first-order chi connectivity index (χ1) is 22.0. The molecule has 3 saturated heterocycles. The van der Waals surface area contributed by atoms with Crippen LogP contribution in [0.3, 0.4) is 0 Å². The molecule has 0 spiro atoms. The lowest BCUT2D eigenvalue weighted by atomic mass is 9.66. The van der Waals surface area contributed by atoms with E-state index in [2.05, 4.69) is 0 Å². The van der Waals surface area contributed by atoms with Gasteiger partial charge in [0.15, 0.2) is 35.6 Å². The van der Waals surface area contributed by atoms with Crippen LogP contribution in [-0.2, 0) is 33.0 Å². The van der Waals surface area contributed by atoms with Crippen LogP contribution in [0.4, 0.5) is 0 Å². The van der Waals surface area contributed by atoms with Crippen molar-refractivity contribution in [2.75, 3.05) is 40.9 Å². The molecule has 3 N–H and O–H groups in total. The highest BCUT2D eigenvalue weighted by Crippen LogP contribution is 2.58. The molecule has 0 saturated carbocycles. The third-order valence-corrected chi connectivity index (χ3v) is 9.51. The Morgan fingerprint density at radius 3 is 2.24 bits per heavy atom. The monoisotopic (exact) mass is 666 g/mol. The second-order valence-corrected chi connectivity index (χ2v) is 13.7. The quantitative estimate of drug-likeness (QED) is 0.287. The van der Waals surface area contributed by atoms with Crippen molar-refractivity contribution >= 4 is 13.6 Å². The number of ether oxygens (including phenoxy) is 9. The summed E-state index contributed by atoms with van der Waals surface area (Å²) in [5.74, 6) is -1.43. The number of rotatable bonds is 7. The predicted octanol–water partition coefficient (Wildman–Crippen LogP) is 1.83. The van der Waals surface area contributed by atoms with Gasteiger partial charge in [0.25, 0.3) is 0 Å². The summed E-state index contributed by atoms with van der Waals surface area (Å²) in [4.78, 5) is 23.5. The van der Waals surface area contributed by atoms with Crippen LogP contribution in [0.25, 0.3) is 0 Å². The first-order valence-electron chi connectivity index (χ1n) is 14.8. The minimum atomic E-state index is -4.00. The Labute approximate surface area is 263 Å². The normalized spacial score (nSPS) is 35.7. The number of fused-ring (bicyclic) bond motifs is 4. The molecule has 16 heteroatoms. The highest BCUT2D eigenvalue weighted by molar-refractivity contribution is 7.52. The van der Waals surface area contributed by atoms with E-state index < -0.39 is 74.4 Å². The second kappa shape index (κ2) is 11.8. The fourth-order valence-corrected chi connectivity index (χ4v) is 7.50. The zero-order valence-corrected chi connectivity index (χ0v) is 26.3. The highest BCUT2D eigenvalue weighted by atomic mass is 31.2. The number of aliphatic hydroxyl groups is 2. The first-order valence-corrected chi connectivity index (χ1v) is 16.8. The highest BCUT2D eigenvalue weighted by Gasteiger charge is 2.56. The van der Waals surface area contributed by atoms with E-state index in [4.69, 9.17) is 47.2 Å². The minimum Gasteiger partial charge on any atom is -0.493 e. The zero-order valence-electron chi connectivity index (χ0n) is 25.4. The standard InChI is InChI=1S/C30H35O15P/c1-12-38-10-21-28(42-12)24(31)25(32)30(43-21)44-26-15-8-18-17(40-11-41-18)7-14(15)22(23-16(26)9-39-29(23)33)13-5-19(36-2)27(20(6-13)37-3)45-46(4,34)35/h5-8,12,16,21-26,28,30-32H,9-11H2,1-4H3,(H,34,35)/t12?,16-,21?,22+,23-,24?,25?,26+,28?,30?/m0/s1. The van der Waals surface area contributed by atoms with E-state index in [0.29, 0.717) is 28.2 Å². The molecule has 4 heterocycles. The molecule has 11 atom stereocenters. The largest absolute Gasteiger partial charge is 0.493 e. The van der Waals surface area contributed by atoms with E-state index in [1.165, 1.54) is 14.2 Å². The van der Waals surface area contributed by atoms with E-state index in [9.17, 15) is 24.5 Å². The lowest BCUT2D eigenvalue weighted by Gasteiger charge is -2.47. The van der Waals surface area contributed by atoms with Crippen LogP contribution in [0, 0.1) is 11.8 Å². The third-order valence-electron chi connectivity index (χ3n) is 8.99. The maximum atomic E-state index is 13.5. The van der Waals surface area contributed by atoms with E-state index in [1.54, 1.807) is 31.2 Å². The summed E-state index contributed by atoms with van der Waals surface area (Å²) >= 11 is 0. The van der Waals surface area contributed by atoms with Crippen LogP contribution in [0.5, 0.6) is 28.7 Å². The molecule has 3 fully saturated rings. The van der Waals surface area contributed by atoms with Gasteiger partial charge in [0.1, 0.15) is 24.4 Å². The summed E-state index contributed by atoms with van der Waals surface area (Å²) in [6, 6.07) is 6.77. The Balaban J connectivity index is 1.32. The number of aliphatic hydroxyl groups excluding tert-OH is 2.